The van der Waals surface area contributed by atoms with Crippen LogP contribution in [0, 0.1) is 0 Å². The first kappa shape index (κ1) is 0. The van der Waals surface area contributed by atoms with Gasteiger partial charge in [0.2, 0.25) is 0 Å². The SMILES string of the molecule is C.C.C.C.C.C.C.C.C.C.C.C.C.C.C.C.C.C.C.C.C.C.C.C.C.C.C.C.C.C.C.C.C.C.C.C.C.C.C.C.C.C.C.C.C.C.C.C.C.C.C.C.C.C.C.C.C.C.C.C.C.C.C.C.C.C.C.C.C.C.C.C.C.C.C.C.C.C.C.C.C.C.C.C.C.C.C.C.C.C.C.C.C.C.C.C.C.C.C.C.C.C.C.C.C.C.C.C.C.C.C.C.C.C.C.C.C.C.C.[3HH].[3HH].[3HH].[3HH].[3HH].[3HH].[3HH].[3HH].[3HH].[3HH].[3HH].[3HH].[3HH].[3HH].[3HH].[3HH].[3HH].[3HH].[3HH].[3HH].[3HH].[3HH].[3HH].[3HH].[3HH].[3HH].[3HH].[3HH].[3HH].[3HH].[3HH].[3HH].[3HH].[3HH].[HH].[HH].[HH].[HH].[HH].[HH].[HH].[HH].[HH].[HH].[HH].[HH].[HH].[HH].[HH].[HH].[HH]. The monoisotopic (exact) mass is 2080 g/mol. The Morgan fingerprint density at radius 1 is 0.0252 bits per heavy atom. The van der Waals surface area contributed by atoms with Gasteiger partial charge in [-0.05, 0) is 0 Å². The van der Waals surface area contributed by atoms with E-state index < -0.39 is 0 Å². The highest BCUT2D eigenvalue weighted by Crippen LogP contribution is 0.262. The van der Waals surface area contributed by atoms with E-state index in [4.69, 9.17) is 0 Å². The van der Waals surface area contributed by atoms with Crippen LogP contribution in [0.4, 0.5) is 0 Å². The highest BCUT2D eigenvalue weighted by atomic mass is 12.1. The van der Waals surface area contributed by atoms with Crippen molar-refractivity contribution in [3.63, 3.8) is 0 Å². The minimum Gasteiger partial charge on any atom is -0.0776 e. The molecule has 0 bridgehead atoms. The molecule has 1054 valence electrons. The van der Waals surface area contributed by atoms with Gasteiger partial charge in [-0.1, -0.05) is 884 Å². The Morgan fingerprint density at radius 3 is 0.0252 bits per heavy atom. The van der Waals surface area contributed by atoms with Crippen molar-refractivity contribution >= 4 is 0 Å². The van der Waals surface area contributed by atoms with Crippen LogP contribution >= 0.6 is 0 Å². The number of hydrogen-bond acceptors (Lipinski definition) is 0. The van der Waals surface area contributed by atoms with Crippen molar-refractivity contribution in [1.29, 1.82) is 0 Å². The van der Waals surface area contributed by atoms with Gasteiger partial charge in [0.1, 0.15) is 0 Å². The highest BCUT2D eigenvalue weighted by Gasteiger charge is 0.0404. The summed E-state index contributed by atoms with van der Waals surface area (Å²) in [5.41, 5.74) is 0. The van der Waals surface area contributed by atoms with Gasteiger partial charge in [-0.25, -0.2) is 0 Å². The first-order valence-electron chi connectivity index (χ1n) is 0. The van der Waals surface area contributed by atoms with Crippen LogP contribution in [0.1, 0.15) is 957 Å². The highest BCUT2D eigenvalue weighted by molar-refractivity contribution is 2.62. The van der Waals surface area contributed by atoms with Crippen LogP contribution in [-0.2, 0) is 0 Å². The molecule has 0 fully saturated rings. The van der Waals surface area contributed by atoms with Gasteiger partial charge >= 0.3 is 0 Å². The lowest BCUT2D eigenvalue weighted by atomic mass is 12.0. The summed E-state index contributed by atoms with van der Waals surface area (Å²) in [5.74, 6) is 0. The fraction of sp³-hybridized carbons (Fsp3) is 1.00. The fourth-order valence-corrected chi connectivity index (χ4v) is 0. The molecular weight excluding hydrogens is 1430 g/mol. The second kappa shape index (κ2) is 0. The molecule has 0 unspecified atom stereocenters. The summed E-state index contributed by atoms with van der Waals surface area (Å²) in [5, 5.41) is 0. The van der Waals surface area contributed by atoms with Crippen molar-refractivity contribution in [2.45, 2.75) is 884 Å². The minimum absolute atomic E-state index is 0. The second-order valence-electron chi connectivity index (χ2n) is 0. The molecule has 0 aliphatic rings. The zero-order valence-electron chi connectivity index (χ0n) is 0. The Bertz CT molecular complexity index is 150. The molecule has 0 saturated carbocycles. The Morgan fingerprint density at radius 2 is 0.0252 bits per heavy atom. The average molecular weight is 2080 g/mol. The average Bonchev–Trinajstić information content (AvgIpc) is 0. The van der Waals surface area contributed by atoms with Gasteiger partial charge in [-0.15, -0.1) is 0 Å². The van der Waals surface area contributed by atoms with Crippen LogP contribution in [0.2, 0.25) is 0 Å². The minimum atomic E-state index is 0. The van der Waals surface area contributed by atoms with Gasteiger partial charge in [-0.2, -0.15) is 0 Å². The summed E-state index contributed by atoms with van der Waals surface area (Å²) in [6.45, 7) is 0. The molecule has 0 aliphatic heterocycles. The van der Waals surface area contributed by atoms with Gasteiger partial charge in [0.05, 0.1) is 0 Å². The summed E-state index contributed by atoms with van der Waals surface area (Å²) in [6, 6.07) is 0. The standard InChI is InChI=1S/119CH4.51H2/h119*1H4;51*1H/i;;;;;;;;;;;;;;;;;;;;;;;;;;;;;;;;;;;;;;;;;;;;;;;;;;;;;;;;;;;;;;;;;;;;;;;;;;;;;;;;;;;;;;;;;;;;;;;;;;;;;;;;;;;;;;;;;;;;;;;34*1+2;;;;;;;;;;;;;;;;;. The molecule has 0 saturated heterocycles. The summed E-state index contributed by atoms with van der Waals surface area (Å²) in [4.78, 5) is 0. The molecule has 0 amide bonds. The van der Waals surface area contributed by atoms with Crippen LogP contribution in [0.5, 0.6) is 0 Å². The normalized spacial score (nSPS) is 0. The van der Waals surface area contributed by atoms with Crippen molar-refractivity contribution < 1.29 is 72.8 Å². The van der Waals surface area contributed by atoms with Gasteiger partial charge in [0, 0.05) is 72.8 Å². The van der Waals surface area contributed by atoms with E-state index in [1.807, 2.05) is 0 Å². The zero-order valence-corrected chi connectivity index (χ0v) is 0. The van der Waals surface area contributed by atoms with Crippen molar-refractivity contribution in [3.8, 4) is 0 Å². The molecule has 0 spiro atoms. The van der Waals surface area contributed by atoms with Crippen LogP contribution in [0.15, 0.2) is 0 Å². The zero-order chi connectivity index (χ0) is 0. The van der Waals surface area contributed by atoms with Crippen LogP contribution in [-0.4, -0.2) is 0 Å². The number of rotatable bonds is 0. The van der Waals surface area contributed by atoms with Crippen molar-refractivity contribution in [1.82, 2.24) is 0 Å². The van der Waals surface area contributed by atoms with E-state index in [1.165, 1.54) is 0 Å². The van der Waals surface area contributed by atoms with Crippen molar-refractivity contribution in [3.05, 3.63) is 0 Å². The molecule has 0 radical (unpaired) electrons. The Kier molecular flexibility index (Phi) is 0. The molecule has 0 aromatic heterocycles. The first-order valence-corrected chi connectivity index (χ1v) is 0. The molecule has 0 atom stereocenters. The topological polar surface area (TPSA) is 0 Å². The molecule has 0 heteroatoms. The maximum absolute atomic E-state index is 0. The lowest BCUT2D eigenvalue weighted by Gasteiger charge is -0.0786. The smallest absolute Gasteiger partial charge is 0 e. The molecule has 0 heterocycles. The van der Waals surface area contributed by atoms with E-state index in [9.17, 15) is 0 Å². The number of hydrogen-bond donors (Lipinski definition) is 0. The van der Waals surface area contributed by atoms with Gasteiger partial charge in [0.25, 0.3) is 0 Å². The third-order valence-electron chi connectivity index (χ3n) is 0. The first-order chi connectivity index (χ1) is 0. The van der Waals surface area contributed by atoms with E-state index in [2.05, 4.69) is 0 Å². The summed E-state index contributed by atoms with van der Waals surface area (Å²) < 4.78 is 0. The Balaban J connectivity index is 0. The lowest BCUT2D eigenvalue weighted by molar-refractivity contribution is 2.50. The molecule has 0 aliphatic carbocycles. The maximum Gasteiger partial charge on any atom is 0 e. The van der Waals surface area contributed by atoms with Gasteiger partial charge < -0.3 is 0 Å². The largest absolute Gasteiger partial charge is 0.0776 e. The molecule has 0 rings (SSSR count). The second-order valence-corrected chi connectivity index (χ2v) is 0. The maximum atomic E-state index is 0. The molecule has 0 aromatic rings. The van der Waals surface area contributed by atoms with Crippen LogP contribution in [0.3, 0.4) is 0 Å². The van der Waals surface area contributed by atoms with E-state index in [0.717, 1.165) is 0 Å². The summed E-state index contributed by atoms with van der Waals surface area (Å²) >= 11 is 0. The predicted octanol–water partition coefficient (Wildman–Crippen LogP) is 88.2. The van der Waals surface area contributed by atoms with Crippen molar-refractivity contribution in [2.75, 3.05) is 0 Å². The third-order valence-corrected chi connectivity index (χ3v) is 0. The molecule has 0 nitrogen and oxygen atoms in total. The van der Waals surface area contributed by atoms with E-state index in [1.54, 1.807) is 0 Å². The molecule has 0 N–H and O–H groups in total. The van der Waals surface area contributed by atoms with Crippen LogP contribution in [0.25, 0.3) is 0 Å². The lowest BCUT2D eigenvalue weighted by Crippen LogP contribution is 0.143. The molecular formula is C119H578. The van der Waals surface area contributed by atoms with E-state index >= 15 is 0 Å². The summed E-state index contributed by atoms with van der Waals surface area (Å²) in [6.07, 6.45) is 0. The molecule has 0 aromatic carbocycles. The quantitative estimate of drug-likeness (QED) is 0.227. The Labute approximate surface area is 954 Å². The van der Waals surface area contributed by atoms with Gasteiger partial charge in [0.15, 0.2) is 0 Å². The van der Waals surface area contributed by atoms with E-state index in [0.29, 0.717) is 0 Å². The van der Waals surface area contributed by atoms with Gasteiger partial charge in [-0.3, -0.25) is 0 Å². The van der Waals surface area contributed by atoms with Crippen molar-refractivity contribution in [2.24, 2.45) is 0 Å². The predicted molar refractivity (Wildman–Crippen MR) is 909 cm³/mol. The van der Waals surface area contributed by atoms with E-state index in [-0.39, 0.29) is 957 Å². The Hall–Kier alpha value is 0. The van der Waals surface area contributed by atoms with Crippen LogP contribution < -0.4 is 0 Å². The third kappa shape index (κ3) is 0. The fourth-order valence-electron chi connectivity index (χ4n) is 0. The molecule has 119 heavy (non-hydrogen) atoms. The summed E-state index contributed by atoms with van der Waals surface area (Å²) in [7, 11) is 0.